The second-order valence-electron chi connectivity index (χ2n) is 4.27. The minimum absolute atomic E-state index is 0.241. The summed E-state index contributed by atoms with van der Waals surface area (Å²) in [5.41, 5.74) is 2.49. The Labute approximate surface area is 91.2 Å². The summed E-state index contributed by atoms with van der Waals surface area (Å²) in [5.74, 6) is 0. The molecule has 1 aromatic heterocycles. The SMILES string of the molecule is C/C=C/Cn1cc2c(c1)C(O)CCCC2. The van der Waals surface area contributed by atoms with Gasteiger partial charge in [-0.25, -0.2) is 0 Å². The normalized spacial score (nSPS) is 21.6. The van der Waals surface area contributed by atoms with E-state index in [9.17, 15) is 5.11 Å². The molecule has 1 unspecified atom stereocenters. The van der Waals surface area contributed by atoms with Gasteiger partial charge in [-0.1, -0.05) is 18.6 Å². The lowest BCUT2D eigenvalue weighted by molar-refractivity contribution is 0.166. The zero-order valence-corrected chi connectivity index (χ0v) is 9.32. The van der Waals surface area contributed by atoms with Crippen LogP contribution in [0.1, 0.15) is 43.4 Å². The minimum atomic E-state index is -0.241. The second kappa shape index (κ2) is 4.67. The van der Waals surface area contributed by atoms with Gasteiger partial charge in [0.15, 0.2) is 0 Å². The monoisotopic (exact) mass is 205 g/mol. The first-order valence-electron chi connectivity index (χ1n) is 5.79. The summed E-state index contributed by atoms with van der Waals surface area (Å²) in [7, 11) is 0. The number of aryl methyl sites for hydroxylation is 1. The maximum atomic E-state index is 9.95. The van der Waals surface area contributed by atoms with Gasteiger partial charge in [-0.2, -0.15) is 0 Å². The van der Waals surface area contributed by atoms with Crippen LogP contribution in [0.25, 0.3) is 0 Å². The Hall–Kier alpha value is -1.02. The maximum absolute atomic E-state index is 9.95. The number of nitrogens with zero attached hydrogens (tertiary/aromatic N) is 1. The van der Waals surface area contributed by atoms with E-state index in [1.54, 1.807) is 0 Å². The fourth-order valence-electron chi connectivity index (χ4n) is 2.22. The van der Waals surface area contributed by atoms with Crippen LogP contribution in [0.3, 0.4) is 0 Å². The van der Waals surface area contributed by atoms with Crippen molar-refractivity contribution >= 4 is 0 Å². The molecule has 0 radical (unpaired) electrons. The molecule has 0 fully saturated rings. The fourth-order valence-corrected chi connectivity index (χ4v) is 2.22. The van der Waals surface area contributed by atoms with Crippen molar-refractivity contribution in [3.63, 3.8) is 0 Å². The van der Waals surface area contributed by atoms with Gasteiger partial charge in [-0.15, -0.1) is 0 Å². The number of aliphatic hydroxyl groups is 1. The molecule has 2 rings (SSSR count). The van der Waals surface area contributed by atoms with Crippen LogP contribution in [0.15, 0.2) is 24.5 Å². The van der Waals surface area contributed by atoms with E-state index >= 15 is 0 Å². The number of aliphatic hydroxyl groups excluding tert-OH is 1. The van der Waals surface area contributed by atoms with Gasteiger partial charge >= 0.3 is 0 Å². The van der Waals surface area contributed by atoms with E-state index in [1.807, 2.05) is 6.92 Å². The number of hydrogen-bond acceptors (Lipinski definition) is 1. The number of aromatic nitrogens is 1. The predicted molar refractivity (Wildman–Crippen MR) is 61.8 cm³/mol. The third kappa shape index (κ3) is 2.32. The van der Waals surface area contributed by atoms with Crippen LogP contribution in [0.5, 0.6) is 0 Å². The molecule has 0 bridgehead atoms. The summed E-state index contributed by atoms with van der Waals surface area (Å²) >= 11 is 0. The molecule has 2 nitrogen and oxygen atoms in total. The zero-order chi connectivity index (χ0) is 10.7. The van der Waals surface area contributed by atoms with Crippen LogP contribution in [-0.2, 0) is 13.0 Å². The lowest BCUT2D eigenvalue weighted by Gasteiger charge is -2.05. The molecule has 82 valence electrons. The van der Waals surface area contributed by atoms with E-state index in [0.717, 1.165) is 31.4 Å². The molecular formula is C13H19NO. The number of allylic oxidation sites excluding steroid dienone is 2. The Balaban J connectivity index is 2.21. The molecule has 0 saturated heterocycles. The Bertz CT molecular complexity index is 351. The smallest absolute Gasteiger partial charge is 0.0807 e. The largest absolute Gasteiger partial charge is 0.388 e. The van der Waals surface area contributed by atoms with Gasteiger partial charge in [-0.05, 0) is 31.7 Å². The van der Waals surface area contributed by atoms with Gasteiger partial charge in [0.05, 0.1) is 6.10 Å². The molecule has 0 spiro atoms. The molecule has 1 heterocycles. The maximum Gasteiger partial charge on any atom is 0.0807 e. The second-order valence-corrected chi connectivity index (χ2v) is 4.27. The van der Waals surface area contributed by atoms with Crippen LogP contribution in [0.4, 0.5) is 0 Å². The molecule has 2 heteroatoms. The van der Waals surface area contributed by atoms with Crippen LogP contribution < -0.4 is 0 Å². The molecule has 0 amide bonds. The Morgan fingerprint density at radius 3 is 3.13 bits per heavy atom. The molecule has 1 N–H and O–H groups in total. The topological polar surface area (TPSA) is 25.2 Å². The van der Waals surface area contributed by atoms with Gasteiger partial charge in [0.2, 0.25) is 0 Å². The van der Waals surface area contributed by atoms with Crippen molar-refractivity contribution in [2.75, 3.05) is 0 Å². The molecule has 0 saturated carbocycles. The molecule has 1 aromatic rings. The zero-order valence-electron chi connectivity index (χ0n) is 9.32. The van der Waals surface area contributed by atoms with Crippen molar-refractivity contribution in [1.82, 2.24) is 4.57 Å². The summed E-state index contributed by atoms with van der Waals surface area (Å²) in [5, 5.41) is 9.95. The molecule has 1 atom stereocenters. The van der Waals surface area contributed by atoms with E-state index in [2.05, 4.69) is 29.1 Å². The summed E-state index contributed by atoms with van der Waals surface area (Å²) in [6.45, 7) is 2.94. The van der Waals surface area contributed by atoms with Crippen molar-refractivity contribution in [1.29, 1.82) is 0 Å². The number of fused-ring (bicyclic) bond motifs is 1. The average molecular weight is 205 g/mol. The van der Waals surface area contributed by atoms with Gasteiger partial charge < -0.3 is 9.67 Å². The number of hydrogen-bond donors (Lipinski definition) is 1. The van der Waals surface area contributed by atoms with E-state index in [4.69, 9.17) is 0 Å². The predicted octanol–water partition coefficient (Wildman–Crippen LogP) is 2.82. The molecule has 15 heavy (non-hydrogen) atoms. The van der Waals surface area contributed by atoms with Crippen molar-refractivity contribution in [2.24, 2.45) is 0 Å². The van der Waals surface area contributed by atoms with E-state index in [-0.39, 0.29) is 6.10 Å². The van der Waals surface area contributed by atoms with Gasteiger partial charge in [0.25, 0.3) is 0 Å². The summed E-state index contributed by atoms with van der Waals surface area (Å²) in [6, 6.07) is 0. The van der Waals surface area contributed by atoms with Crippen LogP contribution in [0, 0.1) is 0 Å². The van der Waals surface area contributed by atoms with Crippen molar-refractivity contribution in [3.05, 3.63) is 35.7 Å². The summed E-state index contributed by atoms with van der Waals surface area (Å²) in [4.78, 5) is 0. The third-order valence-corrected chi connectivity index (χ3v) is 3.08. The highest BCUT2D eigenvalue weighted by Gasteiger charge is 2.17. The lowest BCUT2D eigenvalue weighted by Crippen LogP contribution is -1.95. The molecule has 0 aliphatic heterocycles. The Morgan fingerprint density at radius 2 is 2.33 bits per heavy atom. The summed E-state index contributed by atoms with van der Waals surface area (Å²) < 4.78 is 2.17. The highest BCUT2D eigenvalue weighted by atomic mass is 16.3. The van der Waals surface area contributed by atoms with Gasteiger partial charge in [0, 0.05) is 24.5 Å². The first-order chi connectivity index (χ1) is 7.31. The van der Waals surface area contributed by atoms with Crippen LogP contribution in [0.2, 0.25) is 0 Å². The van der Waals surface area contributed by atoms with Crippen molar-refractivity contribution in [3.8, 4) is 0 Å². The minimum Gasteiger partial charge on any atom is -0.388 e. The molecular weight excluding hydrogens is 186 g/mol. The highest BCUT2D eigenvalue weighted by Crippen LogP contribution is 2.29. The van der Waals surface area contributed by atoms with Crippen molar-refractivity contribution < 1.29 is 5.11 Å². The van der Waals surface area contributed by atoms with Crippen LogP contribution in [-0.4, -0.2) is 9.67 Å². The Morgan fingerprint density at radius 1 is 1.47 bits per heavy atom. The standard InChI is InChI=1S/C13H19NO/c1-2-3-8-14-9-11-6-4-5-7-13(15)12(11)10-14/h2-3,9-10,13,15H,4-8H2,1H3/b3-2+. The Kier molecular flexibility index (Phi) is 3.27. The van der Waals surface area contributed by atoms with E-state index in [1.165, 1.54) is 12.0 Å². The summed E-state index contributed by atoms with van der Waals surface area (Å²) in [6.07, 6.45) is 12.6. The molecule has 0 aromatic carbocycles. The first kappa shape index (κ1) is 10.5. The number of rotatable bonds is 2. The quantitative estimate of drug-likeness (QED) is 0.583. The molecule has 1 aliphatic rings. The van der Waals surface area contributed by atoms with Gasteiger partial charge in [-0.3, -0.25) is 0 Å². The van der Waals surface area contributed by atoms with E-state index in [0.29, 0.717) is 0 Å². The van der Waals surface area contributed by atoms with Crippen LogP contribution >= 0.6 is 0 Å². The lowest BCUT2D eigenvalue weighted by atomic mass is 10.1. The average Bonchev–Trinajstić information content (AvgIpc) is 2.57. The third-order valence-electron chi connectivity index (χ3n) is 3.08. The van der Waals surface area contributed by atoms with E-state index < -0.39 is 0 Å². The fraction of sp³-hybridized carbons (Fsp3) is 0.538. The van der Waals surface area contributed by atoms with Crippen molar-refractivity contribution in [2.45, 2.75) is 45.3 Å². The highest BCUT2D eigenvalue weighted by molar-refractivity contribution is 5.28. The first-order valence-corrected chi connectivity index (χ1v) is 5.79. The molecule has 1 aliphatic carbocycles. The van der Waals surface area contributed by atoms with Gasteiger partial charge in [0.1, 0.15) is 0 Å².